The van der Waals surface area contributed by atoms with Gasteiger partial charge in [0.15, 0.2) is 0 Å². The van der Waals surface area contributed by atoms with Gasteiger partial charge in [0.05, 0.1) is 0 Å². The second-order valence-electron chi connectivity index (χ2n) is 5.22. The van der Waals surface area contributed by atoms with Crippen molar-refractivity contribution in [2.75, 3.05) is 0 Å². The molecule has 1 unspecified atom stereocenters. The van der Waals surface area contributed by atoms with Crippen molar-refractivity contribution in [3.63, 3.8) is 0 Å². The van der Waals surface area contributed by atoms with Crippen molar-refractivity contribution in [3.05, 3.63) is 0 Å². The van der Waals surface area contributed by atoms with Crippen LogP contribution in [0.2, 0.25) is 0 Å². The molecule has 78 valence electrons. The first kappa shape index (κ1) is 11.0. The van der Waals surface area contributed by atoms with Gasteiger partial charge in [0, 0.05) is 11.1 Å². The first-order valence-electron chi connectivity index (χ1n) is 5.41. The molecule has 13 heavy (non-hydrogen) atoms. The van der Waals surface area contributed by atoms with Gasteiger partial charge in [0.1, 0.15) is 0 Å². The Kier molecular flexibility index (Phi) is 3.03. The lowest BCUT2D eigenvalue weighted by atomic mass is 9.93. The second-order valence-corrected chi connectivity index (χ2v) is 5.22. The second kappa shape index (κ2) is 3.58. The highest BCUT2D eigenvalue weighted by Crippen LogP contribution is 2.41. The quantitative estimate of drug-likeness (QED) is 0.730. The number of hydrogen-bond acceptors (Lipinski definition) is 2. The molecule has 0 amide bonds. The highest BCUT2D eigenvalue weighted by atomic mass is 16.5. The predicted octanol–water partition coefficient (Wildman–Crippen LogP) is 3.20. The van der Waals surface area contributed by atoms with E-state index in [4.69, 9.17) is 0 Å². The first-order chi connectivity index (χ1) is 5.92. The summed E-state index contributed by atoms with van der Waals surface area (Å²) in [5.41, 5.74) is 0.00199. The fraction of sp³-hybridized carbons (Fsp3) is 1.00. The van der Waals surface area contributed by atoms with Crippen LogP contribution in [-0.2, 0) is 0 Å². The zero-order valence-corrected chi connectivity index (χ0v) is 9.43. The van der Waals surface area contributed by atoms with Crippen molar-refractivity contribution in [1.29, 1.82) is 0 Å². The lowest BCUT2D eigenvalue weighted by molar-refractivity contribution is -0.199. The molecule has 2 nitrogen and oxygen atoms in total. The summed E-state index contributed by atoms with van der Waals surface area (Å²) in [5.74, 6) is 0. The molecule has 1 aliphatic heterocycles. The van der Waals surface area contributed by atoms with Gasteiger partial charge < -0.3 is 5.21 Å². The van der Waals surface area contributed by atoms with E-state index in [0.29, 0.717) is 0 Å². The molecular weight excluding hydrogens is 162 g/mol. The Labute approximate surface area is 81.9 Å². The van der Waals surface area contributed by atoms with E-state index in [1.807, 2.05) is 0 Å². The van der Waals surface area contributed by atoms with E-state index in [1.54, 1.807) is 5.06 Å². The number of hydroxylamine groups is 2. The molecule has 0 bridgehead atoms. The smallest absolute Gasteiger partial charge is 0.0439 e. The average molecular weight is 185 g/mol. The van der Waals surface area contributed by atoms with Crippen LogP contribution in [0.15, 0.2) is 0 Å². The van der Waals surface area contributed by atoms with Crippen molar-refractivity contribution >= 4 is 0 Å². The molecule has 0 spiro atoms. The zero-order valence-electron chi connectivity index (χ0n) is 9.43. The summed E-state index contributed by atoms with van der Waals surface area (Å²) in [7, 11) is 0. The largest absolute Gasteiger partial charge is 0.313 e. The van der Waals surface area contributed by atoms with Gasteiger partial charge in [-0.1, -0.05) is 19.8 Å². The number of unbranched alkanes of at least 4 members (excludes halogenated alkanes) is 1. The molecule has 1 heterocycles. The van der Waals surface area contributed by atoms with E-state index in [9.17, 15) is 5.21 Å². The van der Waals surface area contributed by atoms with Crippen LogP contribution in [0.3, 0.4) is 0 Å². The van der Waals surface area contributed by atoms with E-state index in [1.165, 1.54) is 12.8 Å². The van der Waals surface area contributed by atoms with Crippen LogP contribution in [0.5, 0.6) is 0 Å². The van der Waals surface area contributed by atoms with Gasteiger partial charge in [0.25, 0.3) is 0 Å². The summed E-state index contributed by atoms with van der Waals surface area (Å²) < 4.78 is 0. The molecule has 1 saturated heterocycles. The van der Waals surface area contributed by atoms with E-state index in [0.717, 1.165) is 19.3 Å². The fourth-order valence-corrected chi connectivity index (χ4v) is 2.31. The Balaban J connectivity index is 2.61. The SMILES string of the molecule is CCCCC1(C)CCC(C)(C)N1O. The number of rotatable bonds is 3. The van der Waals surface area contributed by atoms with Gasteiger partial charge in [-0.25, -0.2) is 0 Å². The molecule has 1 N–H and O–H groups in total. The molecule has 0 aromatic heterocycles. The minimum atomic E-state index is -0.0253. The predicted molar refractivity (Wildman–Crippen MR) is 54.9 cm³/mol. The van der Waals surface area contributed by atoms with Gasteiger partial charge in [-0.3, -0.25) is 0 Å². The summed E-state index contributed by atoms with van der Waals surface area (Å²) in [5, 5.41) is 11.6. The third kappa shape index (κ3) is 2.05. The van der Waals surface area contributed by atoms with Crippen LogP contribution in [0.25, 0.3) is 0 Å². The fourth-order valence-electron chi connectivity index (χ4n) is 2.31. The van der Waals surface area contributed by atoms with E-state index in [2.05, 4.69) is 27.7 Å². The Morgan fingerprint density at radius 1 is 1.23 bits per heavy atom. The minimum absolute atomic E-state index is 0.0253. The van der Waals surface area contributed by atoms with Gasteiger partial charge in [0.2, 0.25) is 0 Å². The molecule has 0 aliphatic carbocycles. The average Bonchev–Trinajstić information content (AvgIpc) is 2.28. The third-order valence-corrected chi connectivity index (χ3v) is 3.43. The first-order valence-corrected chi connectivity index (χ1v) is 5.41. The van der Waals surface area contributed by atoms with Gasteiger partial charge in [-0.05, 0) is 40.0 Å². The number of nitrogens with zero attached hydrogens (tertiary/aromatic N) is 1. The highest BCUT2D eigenvalue weighted by Gasteiger charge is 2.46. The van der Waals surface area contributed by atoms with Crippen molar-refractivity contribution < 1.29 is 5.21 Å². The summed E-state index contributed by atoms with van der Waals surface area (Å²) in [6.07, 6.45) is 5.76. The van der Waals surface area contributed by atoms with Crippen LogP contribution >= 0.6 is 0 Å². The summed E-state index contributed by atoms with van der Waals surface area (Å²) in [6, 6.07) is 0. The van der Waals surface area contributed by atoms with Crippen LogP contribution in [0, 0.1) is 0 Å². The molecule has 1 atom stereocenters. The van der Waals surface area contributed by atoms with Crippen LogP contribution in [-0.4, -0.2) is 21.3 Å². The van der Waals surface area contributed by atoms with Crippen LogP contribution in [0.4, 0.5) is 0 Å². The Morgan fingerprint density at radius 2 is 1.85 bits per heavy atom. The van der Waals surface area contributed by atoms with Crippen molar-refractivity contribution in [2.45, 2.75) is 70.9 Å². The summed E-state index contributed by atoms with van der Waals surface area (Å²) in [4.78, 5) is 0. The lowest BCUT2D eigenvalue weighted by Crippen LogP contribution is -2.47. The maximum Gasteiger partial charge on any atom is 0.0439 e. The van der Waals surface area contributed by atoms with Crippen molar-refractivity contribution in [3.8, 4) is 0 Å². The van der Waals surface area contributed by atoms with E-state index < -0.39 is 0 Å². The molecule has 1 rings (SSSR count). The molecule has 1 aliphatic rings. The lowest BCUT2D eigenvalue weighted by Gasteiger charge is -2.37. The standard InChI is InChI=1S/C11H23NO/c1-5-6-7-11(4)9-8-10(2,3)12(11)13/h13H,5-9H2,1-4H3. The molecule has 2 heteroatoms. The molecule has 0 aromatic carbocycles. The van der Waals surface area contributed by atoms with Crippen molar-refractivity contribution in [2.24, 2.45) is 0 Å². The molecular formula is C11H23NO. The van der Waals surface area contributed by atoms with Gasteiger partial charge in [-0.2, -0.15) is 5.06 Å². The molecule has 0 radical (unpaired) electrons. The summed E-state index contributed by atoms with van der Waals surface area (Å²) in [6.45, 7) is 8.61. The van der Waals surface area contributed by atoms with Crippen molar-refractivity contribution in [1.82, 2.24) is 5.06 Å². The zero-order chi connectivity index (χ0) is 10.1. The number of hydrogen-bond donors (Lipinski definition) is 1. The van der Waals surface area contributed by atoms with Crippen LogP contribution < -0.4 is 0 Å². The maximum absolute atomic E-state index is 10.0. The molecule has 0 aromatic rings. The monoisotopic (exact) mass is 185 g/mol. The topological polar surface area (TPSA) is 23.5 Å². The molecule has 0 saturated carbocycles. The third-order valence-electron chi connectivity index (χ3n) is 3.43. The Morgan fingerprint density at radius 3 is 2.23 bits per heavy atom. The van der Waals surface area contributed by atoms with Gasteiger partial charge in [-0.15, -0.1) is 0 Å². The van der Waals surface area contributed by atoms with Crippen LogP contribution in [0.1, 0.15) is 59.8 Å². The summed E-state index contributed by atoms with van der Waals surface area (Å²) >= 11 is 0. The van der Waals surface area contributed by atoms with E-state index in [-0.39, 0.29) is 11.1 Å². The normalized spacial score (nSPS) is 33.9. The maximum atomic E-state index is 10.0. The highest BCUT2D eigenvalue weighted by molar-refractivity contribution is 4.98. The Hall–Kier alpha value is -0.0800. The molecule has 1 fully saturated rings. The van der Waals surface area contributed by atoms with E-state index >= 15 is 0 Å². The minimum Gasteiger partial charge on any atom is -0.313 e. The Bertz CT molecular complexity index is 179. The van der Waals surface area contributed by atoms with Gasteiger partial charge >= 0.3 is 0 Å².